The number of nitro benzene ring substituents is 2. The highest BCUT2D eigenvalue weighted by atomic mass is 19.1. The Bertz CT molecular complexity index is 851. The number of carbonyl (C=O) groups is 1. The lowest BCUT2D eigenvalue weighted by molar-refractivity contribution is -0.385. The van der Waals surface area contributed by atoms with Crippen LogP contribution in [-0.4, -0.2) is 15.8 Å². The molecule has 0 spiro atoms. The van der Waals surface area contributed by atoms with Gasteiger partial charge >= 0.3 is 0 Å². The van der Waals surface area contributed by atoms with E-state index in [1.807, 2.05) is 0 Å². The molecule has 8 nitrogen and oxygen atoms in total. The zero-order valence-electron chi connectivity index (χ0n) is 12.0. The summed E-state index contributed by atoms with van der Waals surface area (Å²) >= 11 is 0. The van der Waals surface area contributed by atoms with Gasteiger partial charge in [-0.05, 0) is 17.7 Å². The van der Waals surface area contributed by atoms with Crippen LogP contribution in [0.1, 0.15) is 5.56 Å². The number of rotatable bonds is 5. The number of amides is 1. The van der Waals surface area contributed by atoms with Crippen molar-refractivity contribution in [3.63, 3.8) is 0 Å². The minimum atomic E-state index is -0.822. The van der Waals surface area contributed by atoms with Crippen molar-refractivity contribution < 1.29 is 19.0 Å². The third-order valence-corrected chi connectivity index (χ3v) is 2.93. The molecule has 0 heterocycles. The molecule has 0 bridgehead atoms. The monoisotopic (exact) mass is 331 g/mol. The van der Waals surface area contributed by atoms with Crippen LogP contribution in [0.3, 0.4) is 0 Å². The van der Waals surface area contributed by atoms with Crippen molar-refractivity contribution in [1.82, 2.24) is 0 Å². The summed E-state index contributed by atoms with van der Waals surface area (Å²) in [4.78, 5) is 31.8. The molecule has 1 N–H and O–H groups in total. The third-order valence-electron chi connectivity index (χ3n) is 2.93. The molecule has 1 amide bonds. The first kappa shape index (κ1) is 16.7. The predicted molar refractivity (Wildman–Crippen MR) is 83.8 cm³/mol. The highest BCUT2D eigenvalue weighted by Crippen LogP contribution is 2.21. The van der Waals surface area contributed by atoms with E-state index in [4.69, 9.17) is 0 Å². The lowest BCUT2D eigenvalue weighted by Crippen LogP contribution is -2.09. The molecule has 2 aromatic carbocycles. The Balaban J connectivity index is 2.13. The minimum Gasteiger partial charge on any atom is -0.320 e. The highest BCUT2D eigenvalue weighted by molar-refractivity contribution is 6.02. The van der Waals surface area contributed by atoms with Gasteiger partial charge in [-0.2, -0.15) is 0 Å². The van der Waals surface area contributed by atoms with E-state index in [9.17, 15) is 29.4 Å². The molecule has 0 aliphatic carbocycles. The third kappa shape index (κ3) is 4.19. The molecule has 0 fully saturated rings. The van der Waals surface area contributed by atoms with Crippen molar-refractivity contribution in [3.8, 4) is 0 Å². The summed E-state index contributed by atoms with van der Waals surface area (Å²) in [6.07, 6.45) is 2.34. The topological polar surface area (TPSA) is 115 Å². The van der Waals surface area contributed by atoms with Crippen LogP contribution in [0.2, 0.25) is 0 Å². The Morgan fingerprint density at radius 1 is 1.04 bits per heavy atom. The van der Waals surface area contributed by atoms with E-state index >= 15 is 0 Å². The largest absolute Gasteiger partial charge is 0.320 e. The number of benzene rings is 2. The van der Waals surface area contributed by atoms with E-state index in [1.165, 1.54) is 24.3 Å². The second kappa shape index (κ2) is 7.09. The van der Waals surface area contributed by atoms with Crippen molar-refractivity contribution in [2.24, 2.45) is 0 Å². The van der Waals surface area contributed by atoms with Gasteiger partial charge in [-0.3, -0.25) is 25.0 Å². The maximum Gasteiger partial charge on any atom is 0.271 e. The molecule has 2 aromatic rings. The van der Waals surface area contributed by atoms with Gasteiger partial charge in [0.1, 0.15) is 5.82 Å². The van der Waals surface area contributed by atoms with Gasteiger partial charge in [0.25, 0.3) is 11.4 Å². The van der Waals surface area contributed by atoms with Crippen LogP contribution < -0.4 is 5.32 Å². The van der Waals surface area contributed by atoms with E-state index in [1.54, 1.807) is 6.07 Å². The average Bonchev–Trinajstić information content (AvgIpc) is 2.55. The van der Waals surface area contributed by atoms with Gasteiger partial charge in [0.2, 0.25) is 5.91 Å². The predicted octanol–water partition coefficient (Wildman–Crippen LogP) is 3.29. The maximum atomic E-state index is 13.6. The molecule has 122 valence electrons. The van der Waals surface area contributed by atoms with E-state index in [0.29, 0.717) is 5.56 Å². The van der Waals surface area contributed by atoms with Crippen LogP contribution in [0, 0.1) is 26.0 Å². The first-order valence-corrected chi connectivity index (χ1v) is 6.54. The molecule has 0 saturated heterocycles. The maximum absolute atomic E-state index is 13.6. The van der Waals surface area contributed by atoms with Gasteiger partial charge in [-0.1, -0.05) is 12.1 Å². The quantitative estimate of drug-likeness (QED) is 0.513. The Morgan fingerprint density at radius 2 is 1.71 bits per heavy atom. The summed E-state index contributed by atoms with van der Waals surface area (Å²) in [5.74, 6) is -1.56. The van der Waals surface area contributed by atoms with E-state index in [0.717, 1.165) is 24.3 Å². The van der Waals surface area contributed by atoms with E-state index < -0.39 is 21.6 Å². The molecule has 0 atom stereocenters. The molecule has 9 heteroatoms. The second-order valence-electron chi connectivity index (χ2n) is 4.60. The van der Waals surface area contributed by atoms with Crippen molar-refractivity contribution in [1.29, 1.82) is 0 Å². The summed E-state index contributed by atoms with van der Waals surface area (Å²) in [5, 5.41) is 23.5. The molecule has 2 rings (SSSR count). The highest BCUT2D eigenvalue weighted by Gasteiger charge is 2.12. The van der Waals surface area contributed by atoms with Crippen LogP contribution in [0.5, 0.6) is 0 Å². The van der Waals surface area contributed by atoms with E-state index in [2.05, 4.69) is 5.32 Å². The lowest BCUT2D eigenvalue weighted by Gasteiger charge is -2.03. The molecule has 0 radical (unpaired) electrons. The summed E-state index contributed by atoms with van der Waals surface area (Å²) in [7, 11) is 0. The average molecular weight is 331 g/mol. The summed E-state index contributed by atoms with van der Waals surface area (Å²) in [6, 6.07) is 8.31. The minimum absolute atomic E-state index is 0.137. The van der Waals surface area contributed by atoms with Gasteiger partial charge < -0.3 is 5.32 Å². The summed E-state index contributed by atoms with van der Waals surface area (Å²) in [6.45, 7) is 0. The van der Waals surface area contributed by atoms with Gasteiger partial charge in [-0.25, -0.2) is 4.39 Å². The number of halogens is 1. The van der Waals surface area contributed by atoms with Crippen molar-refractivity contribution in [2.75, 3.05) is 5.32 Å². The number of nitrogens with zero attached hydrogens (tertiary/aromatic N) is 2. The SMILES string of the molecule is O=C(C=Cc1cccc([N+](=O)[O-])c1)Nc1cc([N+](=O)[O-])ccc1F. The standard InChI is InChI=1S/C15H10FN3O5/c16-13-6-5-12(19(23)24)9-14(13)17-15(20)7-4-10-2-1-3-11(8-10)18(21)22/h1-9H,(H,17,20). The molecular formula is C15H10FN3O5. The Labute approximate surface area is 134 Å². The fourth-order valence-corrected chi connectivity index (χ4v) is 1.81. The van der Waals surface area contributed by atoms with Crippen LogP contribution in [0.25, 0.3) is 6.08 Å². The lowest BCUT2D eigenvalue weighted by atomic mass is 10.2. The van der Waals surface area contributed by atoms with Gasteiger partial charge in [0.15, 0.2) is 0 Å². The van der Waals surface area contributed by atoms with Gasteiger partial charge in [-0.15, -0.1) is 0 Å². The van der Waals surface area contributed by atoms with Gasteiger partial charge in [0, 0.05) is 30.3 Å². The van der Waals surface area contributed by atoms with E-state index in [-0.39, 0.29) is 17.1 Å². The van der Waals surface area contributed by atoms with Crippen molar-refractivity contribution in [2.45, 2.75) is 0 Å². The number of hydrogen-bond donors (Lipinski definition) is 1. The first-order valence-electron chi connectivity index (χ1n) is 6.54. The number of nitrogens with one attached hydrogen (secondary N) is 1. The number of anilines is 1. The normalized spacial score (nSPS) is 10.5. The molecule has 0 saturated carbocycles. The zero-order chi connectivity index (χ0) is 17.7. The molecule has 0 aliphatic heterocycles. The first-order chi connectivity index (χ1) is 11.4. The molecular weight excluding hydrogens is 321 g/mol. The van der Waals surface area contributed by atoms with Gasteiger partial charge in [0.05, 0.1) is 15.5 Å². The van der Waals surface area contributed by atoms with Crippen molar-refractivity contribution >= 4 is 29.0 Å². The second-order valence-corrected chi connectivity index (χ2v) is 4.60. The molecule has 0 unspecified atom stereocenters. The Kier molecular flexibility index (Phi) is 4.95. The fraction of sp³-hybridized carbons (Fsp3) is 0. The Hall–Kier alpha value is -3.62. The molecule has 0 aromatic heterocycles. The van der Waals surface area contributed by atoms with Crippen LogP contribution >= 0.6 is 0 Å². The zero-order valence-corrected chi connectivity index (χ0v) is 12.0. The molecule has 0 aliphatic rings. The number of non-ortho nitro benzene ring substituents is 2. The smallest absolute Gasteiger partial charge is 0.271 e. The van der Waals surface area contributed by atoms with Crippen molar-refractivity contribution in [3.05, 3.63) is 80.1 Å². The fourth-order valence-electron chi connectivity index (χ4n) is 1.81. The number of hydrogen-bond acceptors (Lipinski definition) is 5. The Morgan fingerprint density at radius 3 is 2.38 bits per heavy atom. The molecule has 24 heavy (non-hydrogen) atoms. The number of carbonyl (C=O) groups excluding carboxylic acids is 1. The summed E-state index contributed by atoms with van der Waals surface area (Å²) in [5.41, 5.74) is -0.437. The number of nitro groups is 2. The van der Waals surface area contributed by atoms with Crippen LogP contribution in [0.4, 0.5) is 21.5 Å². The summed E-state index contributed by atoms with van der Waals surface area (Å²) < 4.78 is 13.6. The van der Waals surface area contributed by atoms with Crippen LogP contribution in [0.15, 0.2) is 48.5 Å². The van der Waals surface area contributed by atoms with Crippen LogP contribution in [-0.2, 0) is 4.79 Å².